The Morgan fingerprint density at radius 2 is 2.25 bits per heavy atom. The maximum absolute atomic E-state index is 12.9. The Hall–Kier alpha value is -1.13. The van der Waals surface area contributed by atoms with E-state index in [2.05, 4.69) is 5.32 Å². The molecule has 0 radical (unpaired) electrons. The molecule has 1 aromatic rings. The van der Waals surface area contributed by atoms with Gasteiger partial charge in [0.15, 0.2) is 0 Å². The van der Waals surface area contributed by atoms with Crippen molar-refractivity contribution in [3.63, 3.8) is 0 Å². The van der Waals surface area contributed by atoms with Crippen molar-refractivity contribution in [3.05, 3.63) is 29.0 Å². The van der Waals surface area contributed by atoms with Crippen LogP contribution in [0.3, 0.4) is 0 Å². The Bertz CT molecular complexity index is 407. The minimum Gasteiger partial charge on any atom is -0.324 e. The van der Waals surface area contributed by atoms with Gasteiger partial charge in [-0.05, 0) is 31.5 Å². The lowest BCUT2D eigenvalue weighted by molar-refractivity contribution is -0.120. The summed E-state index contributed by atoms with van der Waals surface area (Å²) in [7, 11) is 0. The van der Waals surface area contributed by atoms with Crippen molar-refractivity contribution in [2.75, 3.05) is 5.32 Å². The number of benzene rings is 1. The average molecular weight is 245 g/mol. The molecule has 1 unspecified atom stereocenters. The standard InChI is InChI=1S/C11H14ClFN2O/c1-3-11(2,14)10(16)15-7-4-5-9(13)8(12)6-7/h4-6H,3,14H2,1-2H3,(H,15,16). The van der Waals surface area contributed by atoms with Gasteiger partial charge in [-0.15, -0.1) is 0 Å². The third-order valence-corrected chi connectivity index (χ3v) is 2.72. The van der Waals surface area contributed by atoms with Crippen LogP contribution in [-0.4, -0.2) is 11.4 Å². The fourth-order valence-corrected chi connectivity index (χ4v) is 1.19. The van der Waals surface area contributed by atoms with Crippen LogP contribution in [0.25, 0.3) is 0 Å². The lowest BCUT2D eigenvalue weighted by Crippen LogP contribution is -2.47. The zero-order chi connectivity index (χ0) is 12.3. The summed E-state index contributed by atoms with van der Waals surface area (Å²) < 4.78 is 12.9. The van der Waals surface area contributed by atoms with Gasteiger partial charge in [0.2, 0.25) is 5.91 Å². The Morgan fingerprint density at radius 1 is 1.62 bits per heavy atom. The van der Waals surface area contributed by atoms with E-state index in [-0.39, 0.29) is 10.9 Å². The quantitative estimate of drug-likeness (QED) is 0.859. The van der Waals surface area contributed by atoms with Crippen LogP contribution in [0.5, 0.6) is 0 Å². The summed E-state index contributed by atoms with van der Waals surface area (Å²) in [6, 6.07) is 3.98. The van der Waals surface area contributed by atoms with E-state index in [0.717, 1.165) is 0 Å². The zero-order valence-corrected chi connectivity index (χ0v) is 9.94. The highest BCUT2D eigenvalue weighted by Crippen LogP contribution is 2.20. The van der Waals surface area contributed by atoms with Crippen LogP contribution in [0.15, 0.2) is 18.2 Å². The van der Waals surface area contributed by atoms with Gasteiger partial charge in [0.1, 0.15) is 5.82 Å². The monoisotopic (exact) mass is 244 g/mol. The number of hydrogen-bond acceptors (Lipinski definition) is 2. The summed E-state index contributed by atoms with van der Waals surface area (Å²) in [5.41, 5.74) is 5.24. The number of anilines is 1. The van der Waals surface area contributed by atoms with Crippen molar-refractivity contribution in [1.29, 1.82) is 0 Å². The summed E-state index contributed by atoms with van der Waals surface area (Å²) in [6.45, 7) is 3.45. The highest BCUT2D eigenvalue weighted by Gasteiger charge is 2.25. The van der Waals surface area contributed by atoms with Crippen molar-refractivity contribution < 1.29 is 9.18 Å². The van der Waals surface area contributed by atoms with E-state index in [1.807, 2.05) is 6.92 Å². The van der Waals surface area contributed by atoms with E-state index in [1.54, 1.807) is 6.92 Å². The van der Waals surface area contributed by atoms with Crippen LogP contribution in [0.4, 0.5) is 10.1 Å². The smallest absolute Gasteiger partial charge is 0.244 e. The third-order valence-electron chi connectivity index (χ3n) is 2.43. The minimum atomic E-state index is -0.944. The number of carbonyl (C=O) groups is 1. The molecule has 0 bridgehead atoms. The first-order valence-electron chi connectivity index (χ1n) is 4.92. The lowest BCUT2D eigenvalue weighted by atomic mass is 9.99. The van der Waals surface area contributed by atoms with Crippen LogP contribution in [0, 0.1) is 5.82 Å². The van der Waals surface area contributed by atoms with E-state index in [4.69, 9.17) is 17.3 Å². The predicted octanol–water partition coefficient (Wildman–Crippen LogP) is 2.55. The van der Waals surface area contributed by atoms with Gasteiger partial charge in [-0.1, -0.05) is 18.5 Å². The molecular weight excluding hydrogens is 231 g/mol. The SMILES string of the molecule is CCC(C)(N)C(=O)Nc1ccc(F)c(Cl)c1. The summed E-state index contributed by atoms with van der Waals surface area (Å²) in [6.07, 6.45) is 0.508. The average Bonchev–Trinajstić information content (AvgIpc) is 2.23. The van der Waals surface area contributed by atoms with E-state index in [1.165, 1.54) is 18.2 Å². The van der Waals surface area contributed by atoms with Crippen LogP contribution < -0.4 is 11.1 Å². The number of rotatable bonds is 3. The number of nitrogens with one attached hydrogen (secondary N) is 1. The Labute approximate surface area is 98.8 Å². The van der Waals surface area contributed by atoms with E-state index < -0.39 is 11.4 Å². The molecule has 0 aliphatic rings. The first-order valence-corrected chi connectivity index (χ1v) is 5.30. The van der Waals surface area contributed by atoms with Gasteiger partial charge in [0.05, 0.1) is 10.6 Å². The van der Waals surface area contributed by atoms with Crippen molar-refractivity contribution in [2.45, 2.75) is 25.8 Å². The fraction of sp³-hybridized carbons (Fsp3) is 0.364. The molecule has 0 saturated carbocycles. The molecule has 5 heteroatoms. The molecule has 3 nitrogen and oxygen atoms in total. The number of nitrogens with two attached hydrogens (primary N) is 1. The lowest BCUT2D eigenvalue weighted by Gasteiger charge is -2.21. The molecule has 1 aromatic carbocycles. The molecule has 0 spiro atoms. The van der Waals surface area contributed by atoms with Crippen molar-refractivity contribution in [3.8, 4) is 0 Å². The number of carbonyl (C=O) groups excluding carboxylic acids is 1. The highest BCUT2D eigenvalue weighted by atomic mass is 35.5. The Balaban J connectivity index is 2.82. The van der Waals surface area contributed by atoms with Gasteiger partial charge in [0.25, 0.3) is 0 Å². The first kappa shape index (κ1) is 12.9. The topological polar surface area (TPSA) is 55.1 Å². The van der Waals surface area contributed by atoms with Crippen LogP contribution >= 0.6 is 11.6 Å². The van der Waals surface area contributed by atoms with Gasteiger partial charge in [-0.2, -0.15) is 0 Å². The number of halogens is 2. The molecule has 1 amide bonds. The molecule has 0 heterocycles. The van der Waals surface area contributed by atoms with E-state index in [0.29, 0.717) is 12.1 Å². The Morgan fingerprint density at radius 3 is 2.75 bits per heavy atom. The Kier molecular flexibility index (Phi) is 3.88. The summed E-state index contributed by atoms with van der Waals surface area (Å²) in [5.74, 6) is -0.844. The molecule has 16 heavy (non-hydrogen) atoms. The molecule has 0 saturated heterocycles. The molecule has 1 rings (SSSR count). The predicted molar refractivity (Wildman–Crippen MR) is 62.9 cm³/mol. The molecular formula is C11H14ClFN2O. The van der Waals surface area contributed by atoms with Gasteiger partial charge >= 0.3 is 0 Å². The first-order chi connectivity index (χ1) is 7.36. The highest BCUT2D eigenvalue weighted by molar-refractivity contribution is 6.31. The molecule has 88 valence electrons. The van der Waals surface area contributed by atoms with Crippen molar-refractivity contribution in [1.82, 2.24) is 0 Å². The molecule has 0 aliphatic heterocycles. The van der Waals surface area contributed by atoms with Crippen LogP contribution in [0.2, 0.25) is 5.02 Å². The van der Waals surface area contributed by atoms with E-state index >= 15 is 0 Å². The molecule has 1 atom stereocenters. The largest absolute Gasteiger partial charge is 0.324 e. The van der Waals surface area contributed by atoms with Crippen LogP contribution in [0.1, 0.15) is 20.3 Å². The molecule has 0 aliphatic carbocycles. The fourth-order valence-electron chi connectivity index (χ4n) is 1.01. The molecule has 3 N–H and O–H groups in total. The van der Waals surface area contributed by atoms with E-state index in [9.17, 15) is 9.18 Å². The van der Waals surface area contributed by atoms with Gasteiger partial charge in [-0.25, -0.2) is 4.39 Å². The summed E-state index contributed by atoms with van der Waals surface area (Å²) >= 11 is 5.59. The normalized spacial score (nSPS) is 14.3. The maximum Gasteiger partial charge on any atom is 0.244 e. The second-order valence-electron chi connectivity index (χ2n) is 3.85. The molecule has 0 fully saturated rings. The van der Waals surface area contributed by atoms with Crippen molar-refractivity contribution >= 4 is 23.2 Å². The van der Waals surface area contributed by atoms with Gasteiger partial charge < -0.3 is 11.1 Å². The third kappa shape index (κ3) is 2.93. The summed E-state index contributed by atoms with van der Waals surface area (Å²) in [5, 5.41) is 2.55. The van der Waals surface area contributed by atoms with Crippen molar-refractivity contribution in [2.24, 2.45) is 5.73 Å². The second kappa shape index (κ2) is 4.80. The minimum absolute atomic E-state index is 0.0342. The number of amides is 1. The van der Waals surface area contributed by atoms with Crippen LogP contribution in [-0.2, 0) is 4.79 Å². The number of hydrogen-bond donors (Lipinski definition) is 2. The van der Waals surface area contributed by atoms with Gasteiger partial charge in [0, 0.05) is 5.69 Å². The zero-order valence-electron chi connectivity index (χ0n) is 9.18. The maximum atomic E-state index is 12.9. The van der Waals surface area contributed by atoms with Gasteiger partial charge in [-0.3, -0.25) is 4.79 Å². The molecule has 0 aromatic heterocycles. The second-order valence-corrected chi connectivity index (χ2v) is 4.26. The summed E-state index contributed by atoms with van der Waals surface area (Å²) in [4.78, 5) is 11.7.